The Bertz CT molecular complexity index is 398. The Hall–Kier alpha value is -0.860. The molecule has 1 aromatic carbocycles. The average Bonchev–Trinajstić information content (AvgIpc) is 2.48. The summed E-state index contributed by atoms with van der Waals surface area (Å²) < 4.78 is 0. The van der Waals surface area contributed by atoms with Crippen molar-refractivity contribution in [1.82, 2.24) is 10.2 Å². The van der Waals surface area contributed by atoms with Crippen LogP contribution < -0.4 is 5.32 Å². The Balaban J connectivity index is 1.97. The topological polar surface area (TPSA) is 15.3 Å². The van der Waals surface area contributed by atoms with Crippen molar-refractivity contribution >= 4 is 0 Å². The van der Waals surface area contributed by atoms with E-state index in [1.807, 2.05) is 0 Å². The zero-order valence-corrected chi connectivity index (χ0v) is 13.5. The fraction of sp³-hybridized carbons (Fsp3) is 0.667. The Morgan fingerprint density at radius 1 is 1.20 bits per heavy atom. The Kier molecular flexibility index (Phi) is 5.62. The molecule has 1 fully saturated rings. The van der Waals surface area contributed by atoms with Crippen LogP contribution in [0.15, 0.2) is 24.3 Å². The molecule has 2 heteroatoms. The van der Waals surface area contributed by atoms with Crippen molar-refractivity contribution in [2.75, 3.05) is 26.7 Å². The van der Waals surface area contributed by atoms with Gasteiger partial charge in [-0.2, -0.15) is 0 Å². The van der Waals surface area contributed by atoms with Crippen molar-refractivity contribution in [1.29, 1.82) is 0 Å². The van der Waals surface area contributed by atoms with Gasteiger partial charge in [-0.05, 0) is 49.4 Å². The zero-order valence-electron chi connectivity index (χ0n) is 13.5. The van der Waals surface area contributed by atoms with Gasteiger partial charge in [0.25, 0.3) is 0 Å². The van der Waals surface area contributed by atoms with E-state index < -0.39 is 0 Å². The number of hydrogen-bond acceptors (Lipinski definition) is 2. The lowest BCUT2D eigenvalue weighted by molar-refractivity contribution is 0.128. The summed E-state index contributed by atoms with van der Waals surface area (Å²) in [6.07, 6.45) is 2.46. The van der Waals surface area contributed by atoms with Crippen LogP contribution in [0.3, 0.4) is 0 Å². The summed E-state index contributed by atoms with van der Waals surface area (Å²) >= 11 is 0. The molecule has 0 bridgehead atoms. The maximum atomic E-state index is 3.49. The van der Waals surface area contributed by atoms with Gasteiger partial charge in [0.1, 0.15) is 0 Å². The number of hydrogen-bond donors (Lipinski definition) is 1. The second kappa shape index (κ2) is 7.24. The van der Waals surface area contributed by atoms with Crippen molar-refractivity contribution in [2.45, 2.75) is 39.7 Å². The Morgan fingerprint density at radius 2 is 1.90 bits per heavy atom. The van der Waals surface area contributed by atoms with Crippen molar-refractivity contribution in [3.05, 3.63) is 35.4 Å². The number of benzene rings is 1. The maximum absolute atomic E-state index is 3.49. The highest BCUT2D eigenvalue weighted by Crippen LogP contribution is 2.24. The van der Waals surface area contributed by atoms with Crippen LogP contribution in [0.4, 0.5) is 0 Å². The van der Waals surface area contributed by atoms with Crippen molar-refractivity contribution in [3.63, 3.8) is 0 Å². The fourth-order valence-corrected chi connectivity index (χ4v) is 3.12. The van der Waals surface area contributed by atoms with Crippen LogP contribution in [0.5, 0.6) is 0 Å². The predicted octanol–water partition coefficient (Wildman–Crippen LogP) is 3.49. The van der Waals surface area contributed by atoms with E-state index in [9.17, 15) is 0 Å². The Morgan fingerprint density at radius 3 is 2.45 bits per heavy atom. The minimum atomic E-state index is 0.446. The quantitative estimate of drug-likeness (QED) is 0.884. The van der Waals surface area contributed by atoms with Crippen LogP contribution in [0.25, 0.3) is 0 Å². The number of likely N-dealkylation sites (tertiary alicyclic amines) is 1. The SMILES string of the molecule is CCc1ccc(C(CN2CCC(C)C(C)C2)NC)cc1. The number of nitrogens with zero attached hydrogens (tertiary/aromatic N) is 1. The molecule has 0 radical (unpaired) electrons. The minimum absolute atomic E-state index is 0.446. The fourth-order valence-electron chi connectivity index (χ4n) is 3.12. The van der Waals surface area contributed by atoms with Gasteiger partial charge in [-0.25, -0.2) is 0 Å². The second-order valence-electron chi connectivity index (χ2n) is 6.44. The first-order chi connectivity index (χ1) is 9.63. The molecule has 2 nitrogen and oxygen atoms in total. The molecule has 1 aliphatic heterocycles. The van der Waals surface area contributed by atoms with Gasteiger partial charge in [-0.15, -0.1) is 0 Å². The summed E-state index contributed by atoms with van der Waals surface area (Å²) in [7, 11) is 2.08. The maximum Gasteiger partial charge on any atom is 0.0446 e. The molecule has 2 rings (SSSR count). The van der Waals surface area contributed by atoms with Gasteiger partial charge in [0.15, 0.2) is 0 Å². The van der Waals surface area contributed by atoms with E-state index in [0.29, 0.717) is 6.04 Å². The van der Waals surface area contributed by atoms with E-state index in [0.717, 1.165) is 24.8 Å². The molecule has 0 amide bonds. The van der Waals surface area contributed by atoms with Crippen molar-refractivity contribution in [3.8, 4) is 0 Å². The molecule has 20 heavy (non-hydrogen) atoms. The first-order valence-corrected chi connectivity index (χ1v) is 8.12. The van der Waals surface area contributed by atoms with Crippen molar-refractivity contribution in [2.24, 2.45) is 11.8 Å². The summed E-state index contributed by atoms with van der Waals surface area (Å²) in [6, 6.07) is 9.55. The molecule has 1 heterocycles. The largest absolute Gasteiger partial charge is 0.312 e. The minimum Gasteiger partial charge on any atom is -0.312 e. The molecular formula is C18H30N2. The van der Waals surface area contributed by atoms with Gasteiger partial charge in [-0.1, -0.05) is 45.0 Å². The lowest BCUT2D eigenvalue weighted by Crippen LogP contribution is -2.42. The Labute approximate surface area is 124 Å². The summed E-state index contributed by atoms with van der Waals surface area (Å²) in [6.45, 7) is 10.6. The second-order valence-corrected chi connectivity index (χ2v) is 6.44. The van der Waals surface area contributed by atoms with Crippen molar-refractivity contribution < 1.29 is 0 Å². The van der Waals surface area contributed by atoms with Crippen LogP contribution >= 0.6 is 0 Å². The van der Waals surface area contributed by atoms with E-state index in [-0.39, 0.29) is 0 Å². The van der Waals surface area contributed by atoms with E-state index in [4.69, 9.17) is 0 Å². The molecule has 1 aromatic rings. The van der Waals surface area contributed by atoms with Gasteiger partial charge in [-0.3, -0.25) is 0 Å². The molecule has 0 aromatic heterocycles. The summed E-state index contributed by atoms with van der Waals surface area (Å²) in [5.41, 5.74) is 2.83. The number of nitrogens with one attached hydrogen (secondary N) is 1. The summed E-state index contributed by atoms with van der Waals surface area (Å²) in [5, 5.41) is 3.49. The average molecular weight is 274 g/mol. The van der Waals surface area contributed by atoms with Gasteiger partial charge in [0.2, 0.25) is 0 Å². The highest BCUT2D eigenvalue weighted by atomic mass is 15.2. The first-order valence-electron chi connectivity index (χ1n) is 8.12. The third-order valence-electron chi connectivity index (χ3n) is 5.00. The lowest BCUT2D eigenvalue weighted by Gasteiger charge is -2.37. The molecule has 3 unspecified atom stereocenters. The van der Waals surface area contributed by atoms with Gasteiger partial charge < -0.3 is 10.2 Å². The molecule has 0 saturated carbocycles. The first kappa shape index (κ1) is 15.5. The molecule has 1 saturated heterocycles. The molecule has 1 N–H and O–H groups in total. The highest BCUT2D eigenvalue weighted by molar-refractivity contribution is 5.25. The monoisotopic (exact) mass is 274 g/mol. The summed E-state index contributed by atoms with van der Waals surface area (Å²) in [4.78, 5) is 2.62. The van der Waals surface area contributed by atoms with Crippen LogP contribution in [-0.2, 0) is 6.42 Å². The van der Waals surface area contributed by atoms with Crippen LogP contribution in [0.2, 0.25) is 0 Å². The summed E-state index contributed by atoms with van der Waals surface area (Å²) in [5.74, 6) is 1.70. The predicted molar refractivity (Wildman–Crippen MR) is 87.0 cm³/mol. The number of rotatable bonds is 5. The van der Waals surface area contributed by atoms with E-state index >= 15 is 0 Å². The highest BCUT2D eigenvalue weighted by Gasteiger charge is 2.24. The third-order valence-corrected chi connectivity index (χ3v) is 5.00. The normalized spacial score (nSPS) is 25.6. The third kappa shape index (κ3) is 3.83. The van der Waals surface area contributed by atoms with Gasteiger partial charge in [0.05, 0.1) is 0 Å². The zero-order chi connectivity index (χ0) is 14.5. The number of aryl methyl sites for hydroxylation is 1. The van der Waals surface area contributed by atoms with Gasteiger partial charge >= 0.3 is 0 Å². The van der Waals surface area contributed by atoms with E-state index in [2.05, 4.69) is 62.3 Å². The molecular weight excluding hydrogens is 244 g/mol. The van der Waals surface area contributed by atoms with Crippen LogP contribution in [0, 0.1) is 11.8 Å². The molecule has 3 atom stereocenters. The van der Waals surface area contributed by atoms with Crippen LogP contribution in [-0.4, -0.2) is 31.6 Å². The lowest BCUT2D eigenvalue weighted by atomic mass is 9.88. The molecule has 1 aliphatic rings. The number of piperidine rings is 1. The van der Waals surface area contributed by atoms with Gasteiger partial charge in [0, 0.05) is 19.1 Å². The molecule has 0 spiro atoms. The molecule has 112 valence electrons. The molecule has 0 aliphatic carbocycles. The van der Waals surface area contributed by atoms with E-state index in [1.54, 1.807) is 0 Å². The van der Waals surface area contributed by atoms with E-state index in [1.165, 1.54) is 30.6 Å². The smallest absolute Gasteiger partial charge is 0.0446 e. The van der Waals surface area contributed by atoms with Crippen LogP contribution in [0.1, 0.15) is 44.4 Å². The standard InChI is InChI=1S/C18H30N2/c1-5-16-6-8-17(9-7-16)18(19-4)13-20-11-10-14(2)15(3)12-20/h6-9,14-15,18-19H,5,10-13H2,1-4H3. The number of likely N-dealkylation sites (N-methyl/N-ethyl adjacent to an activating group) is 1.